The number of rotatable bonds is 3. The Morgan fingerprint density at radius 1 is 1.20 bits per heavy atom. The Kier molecular flexibility index (Phi) is 3.62. The number of hydrogen-bond acceptors (Lipinski definition) is 2. The van der Waals surface area contributed by atoms with Crippen LogP contribution >= 0.6 is 0 Å². The molecule has 3 nitrogen and oxygen atoms in total. The third-order valence-electron chi connectivity index (χ3n) is 4.59. The molecule has 1 fully saturated rings. The van der Waals surface area contributed by atoms with Gasteiger partial charge in [-0.15, -0.1) is 0 Å². The van der Waals surface area contributed by atoms with E-state index in [2.05, 4.69) is 53.0 Å². The molecule has 0 saturated carbocycles. The molecule has 1 aromatic carbocycles. The number of aryl methyl sites for hydroxylation is 1. The predicted octanol–water partition coefficient (Wildman–Crippen LogP) is 3.08. The van der Waals surface area contributed by atoms with Crippen molar-refractivity contribution in [1.29, 1.82) is 0 Å². The first kappa shape index (κ1) is 13.4. The summed E-state index contributed by atoms with van der Waals surface area (Å²) in [4.78, 5) is 4.40. The molecule has 0 radical (unpaired) electrons. The summed E-state index contributed by atoms with van der Waals surface area (Å²) >= 11 is 0. The zero-order valence-corrected chi connectivity index (χ0v) is 12.4. The topological polar surface area (TPSA) is 29.9 Å². The van der Waals surface area contributed by atoms with Crippen LogP contribution in [0.5, 0.6) is 0 Å². The molecule has 0 atom stereocenters. The van der Waals surface area contributed by atoms with Crippen LogP contribution in [-0.4, -0.2) is 22.6 Å². The molecule has 1 aliphatic heterocycles. The second kappa shape index (κ2) is 5.41. The molecule has 3 heteroatoms. The molecule has 0 aliphatic carbocycles. The molecule has 0 unspecified atom stereocenters. The molecule has 1 N–H and O–H groups in total. The largest absolute Gasteiger partial charge is 0.317 e. The van der Waals surface area contributed by atoms with E-state index in [1.807, 2.05) is 12.5 Å². The highest BCUT2D eigenvalue weighted by Crippen LogP contribution is 2.33. The van der Waals surface area contributed by atoms with Gasteiger partial charge in [0.2, 0.25) is 0 Å². The van der Waals surface area contributed by atoms with E-state index >= 15 is 0 Å². The zero-order chi connectivity index (χ0) is 14.0. The minimum absolute atomic E-state index is 0.227. The third kappa shape index (κ3) is 2.38. The summed E-state index contributed by atoms with van der Waals surface area (Å²) in [6.07, 6.45) is 7.42. The molecule has 1 aromatic heterocycles. The van der Waals surface area contributed by atoms with Gasteiger partial charge in [0.1, 0.15) is 0 Å². The Labute approximate surface area is 121 Å². The quantitative estimate of drug-likeness (QED) is 0.928. The number of nitrogens with one attached hydrogen (secondary N) is 1. The van der Waals surface area contributed by atoms with Crippen LogP contribution < -0.4 is 5.32 Å². The smallest absolute Gasteiger partial charge is 0.0994 e. The van der Waals surface area contributed by atoms with E-state index < -0.39 is 0 Å². The Balaban J connectivity index is 1.96. The second-order valence-corrected chi connectivity index (χ2v) is 5.98. The molecule has 0 spiro atoms. The molecule has 2 aromatic rings. The highest BCUT2D eigenvalue weighted by Gasteiger charge is 2.31. The summed E-state index contributed by atoms with van der Waals surface area (Å²) in [7, 11) is 0. The van der Waals surface area contributed by atoms with Crippen molar-refractivity contribution in [2.24, 2.45) is 0 Å². The van der Waals surface area contributed by atoms with Crippen LogP contribution in [0, 0.1) is 0 Å². The normalized spacial score (nSPS) is 18.1. The number of hydrogen-bond donors (Lipinski definition) is 1. The van der Waals surface area contributed by atoms with Gasteiger partial charge in [0, 0.05) is 23.0 Å². The molecular weight excluding hydrogens is 246 g/mol. The molecule has 1 saturated heterocycles. The summed E-state index contributed by atoms with van der Waals surface area (Å²) < 4.78 is 2.25. The zero-order valence-electron chi connectivity index (χ0n) is 12.4. The molecule has 106 valence electrons. The van der Waals surface area contributed by atoms with E-state index in [9.17, 15) is 0 Å². The van der Waals surface area contributed by atoms with Crippen molar-refractivity contribution in [3.63, 3.8) is 0 Å². The molecule has 0 bridgehead atoms. The van der Waals surface area contributed by atoms with E-state index in [1.54, 1.807) is 0 Å². The Morgan fingerprint density at radius 3 is 2.55 bits per heavy atom. The van der Waals surface area contributed by atoms with Crippen molar-refractivity contribution in [3.8, 4) is 5.69 Å². The minimum atomic E-state index is 0.227. The van der Waals surface area contributed by atoms with E-state index in [4.69, 9.17) is 0 Å². The first-order valence-electron chi connectivity index (χ1n) is 7.56. The Bertz CT molecular complexity index is 562. The van der Waals surface area contributed by atoms with Crippen LogP contribution in [0.2, 0.25) is 0 Å². The van der Waals surface area contributed by atoms with Gasteiger partial charge in [-0.1, -0.05) is 26.0 Å². The Hall–Kier alpha value is -1.61. The van der Waals surface area contributed by atoms with Gasteiger partial charge in [0.25, 0.3) is 0 Å². The average molecular weight is 269 g/mol. The standard InChI is InChI=1S/C17H23N3/c1-3-14-4-6-15(7-5-14)20-13-19-12-16(20)17(2)8-10-18-11-9-17/h4-7,12-13,18H,3,8-11H2,1-2H3. The lowest BCUT2D eigenvalue weighted by atomic mass is 9.78. The lowest BCUT2D eigenvalue weighted by molar-refractivity contribution is 0.324. The molecule has 2 heterocycles. The summed E-state index contributed by atoms with van der Waals surface area (Å²) in [6, 6.07) is 8.83. The second-order valence-electron chi connectivity index (χ2n) is 5.98. The molecule has 0 amide bonds. The SMILES string of the molecule is CCc1ccc(-n2cncc2C2(C)CCNCC2)cc1. The van der Waals surface area contributed by atoms with Gasteiger partial charge in [0.05, 0.1) is 6.33 Å². The van der Waals surface area contributed by atoms with Crippen LogP contribution in [0.25, 0.3) is 5.69 Å². The van der Waals surface area contributed by atoms with Gasteiger partial charge >= 0.3 is 0 Å². The van der Waals surface area contributed by atoms with Gasteiger partial charge in [0.15, 0.2) is 0 Å². The van der Waals surface area contributed by atoms with Crippen LogP contribution in [0.4, 0.5) is 0 Å². The fraction of sp³-hybridized carbons (Fsp3) is 0.471. The average Bonchev–Trinajstić information content (AvgIpc) is 2.98. The van der Waals surface area contributed by atoms with Gasteiger partial charge in [-0.2, -0.15) is 0 Å². The number of piperidine rings is 1. The van der Waals surface area contributed by atoms with E-state index in [1.165, 1.54) is 29.8 Å². The summed E-state index contributed by atoms with van der Waals surface area (Å²) in [5, 5.41) is 3.45. The molecular formula is C17H23N3. The number of imidazole rings is 1. The fourth-order valence-corrected chi connectivity index (χ4v) is 3.07. The van der Waals surface area contributed by atoms with Crippen LogP contribution in [0.1, 0.15) is 37.9 Å². The van der Waals surface area contributed by atoms with Crippen molar-refractivity contribution in [2.75, 3.05) is 13.1 Å². The molecule has 20 heavy (non-hydrogen) atoms. The first-order valence-corrected chi connectivity index (χ1v) is 7.56. The van der Waals surface area contributed by atoms with E-state index in [0.717, 1.165) is 19.5 Å². The lowest BCUT2D eigenvalue weighted by Crippen LogP contribution is -2.38. The van der Waals surface area contributed by atoms with E-state index in [-0.39, 0.29) is 5.41 Å². The van der Waals surface area contributed by atoms with Gasteiger partial charge in [-0.05, 0) is 50.0 Å². The van der Waals surface area contributed by atoms with Crippen LogP contribution in [0.15, 0.2) is 36.8 Å². The molecule has 1 aliphatic rings. The predicted molar refractivity (Wildman–Crippen MR) is 82.4 cm³/mol. The fourth-order valence-electron chi connectivity index (χ4n) is 3.07. The highest BCUT2D eigenvalue weighted by atomic mass is 15.1. The maximum atomic E-state index is 4.40. The minimum Gasteiger partial charge on any atom is -0.317 e. The van der Waals surface area contributed by atoms with Crippen molar-refractivity contribution < 1.29 is 0 Å². The van der Waals surface area contributed by atoms with Crippen molar-refractivity contribution in [2.45, 2.75) is 38.5 Å². The van der Waals surface area contributed by atoms with Gasteiger partial charge < -0.3 is 9.88 Å². The van der Waals surface area contributed by atoms with Gasteiger partial charge in [-0.25, -0.2) is 4.98 Å². The summed E-state index contributed by atoms with van der Waals surface area (Å²) in [5.74, 6) is 0. The number of nitrogens with zero attached hydrogens (tertiary/aromatic N) is 2. The summed E-state index contributed by atoms with van der Waals surface area (Å²) in [5.41, 5.74) is 4.16. The van der Waals surface area contributed by atoms with Gasteiger partial charge in [-0.3, -0.25) is 0 Å². The third-order valence-corrected chi connectivity index (χ3v) is 4.59. The first-order chi connectivity index (χ1) is 9.73. The summed E-state index contributed by atoms with van der Waals surface area (Å²) in [6.45, 7) is 6.74. The van der Waals surface area contributed by atoms with Crippen molar-refractivity contribution in [1.82, 2.24) is 14.9 Å². The lowest BCUT2D eigenvalue weighted by Gasteiger charge is -2.34. The van der Waals surface area contributed by atoms with Crippen molar-refractivity contribution in [3.05, 3.63) is 48.0 Å². The maximum Gasteiger partial charge on any atom is 0.0994 e. The van der Waals surface area contributed by atoms with Crippen LogP contribution in [-0.2, 0) is 11.8 Å². The van der Waals surface area contributed by atoms with Crippen molar-refractivity contribution >= 4 is 0 Å². The highest BCUT2D eigenvalue weighted by molar-refractivity contribution is 5.38. The monoisotopic (exact) mass is 269 g/mol. The molecule has 3 rings (SSSR count). The van der Waals surface area contributed by atoms with Crippen LogP contribution in [0.3, 0.4) is 0 Å². The Morgan fingerprint density at radius 2 is 1.90 bits per heavy atom. The van der Waals surface area contributed by atoms with E-state index in [0.29, 0.717) is 0 Å². The number of benzene rings is 1. The maximum absolute atomic E-state index is 4.40. The number of aromatic nitrogens is 2.